The van der Waals surface area contributed by atoms with Crippen molar-refractivity contribution in [2.45, 2.75) is 51.0 Å². The van der Waals surface area contributed by atoms with Gasteiger partial charge in [-0.1, -0.05) is 37.5 Å². The molecule has 1 heterocycles. The highest BCUT2D eigenvalue weighted by Gasteiger charge is 2.36. The van der Waals surface area contributed by atoms with Crippen LogP contribution in [0.3, 0.4) is 0 Å². The molecule has 1 aliphatic rings. The maximum absolute atomic E-state index is 12.9. The van der Waals surface area contributed by atoms with Crippen molar-refractivity contribution in [3.8, 4) is 0 Å². The van der Waals surface area contributed by atoms with Gasteiger partial charge in [-0.2, -0.15) is 0 Å². The number of para-hydroxylation sites is 1. The van der Waals surface area contributed by atoms with Crippen LogP contribution in [-0.4, -0.2) is 34.2 Å². The summed E-state index contributed by atoms with van der Waals surface area (Å²) in [5, 5.41) is 15.7. The third-order valence-corrected chi connectivity index (χ3v) is 5.38. The van der Waals surface area contributed by atoms with E-state index in [1.54, 1.807) is 6.92 Å². The Balaban J connectivity index is 1.74. The summed E-state index contributed by atoms with van der Waals surface area (Å²) in [6, 6.07) is 7.81. The van der Waals surface area contributed by atoms with E-state index >= 15 is 0 Å². The monoisotopic (exact) mass is 357 g/mol. The van der Waals surface area contributed by atoms with E-state index in [0.717, 1.165) is 29.3 Å². The Morgan fingerprint density at radius 2 is 1.96 bits per heavy atom. The van der Waals surface area contributed by atoms with Crippen LogP contribution in [0.1, 0.15) is 44.6 Å². The maximum atomic E-state index is 12.9. The minimum atomic E-state index is -1.22. The van der Waals surface area contributed by atoms with Gasteiger partial charge in [-0.3, -0.25) is 4.79 Å². The van der Waals surface area contributed by atoms with Crippen LogP contribution in [0.2, 0.25) is 0 Å². The van der Waals surface area contributed by atoms with E-state index in [2.05, 4.69) is 15.6 Å². The molecule has 2 amide bonds. The van der Waals surface area contributed by atoms with E-state index < -0.39 is 11.6 Å². The molecule has 4 N–H and O–H groups in total. The molecule has 6 nitrogen and oxygen atoms in total. The van der Waals surface area contributed by atoms with Crippen molar-refractivity contribution in [2.75, 3.05) is 6.54 Å². The van der Waals surface area contributed by atoms with Crippen molar-refractivity contribution >= 4 is 22.9 Å². The molecule has 0 spiro atoms. The summed E-state index contributed by atoms with van der Waals surface area (Å²) in [7, 11) is 0. The first-order valence-corrected chi connectivity index (χ1v) is 9.32. The summed E-state index contributed by atoms with van der Waals surface area (Å²) in [5.41, 5.74) is 0.679. The second kappa shape index (κ2) is 7.81. The van der Waals surface area contributed by atoms with Crippen LogP contribution in [0.4, 0.5) is 4.79 Å². The van der Waals surface area contributed by atoms with Crippen molar-refractivity contribution in [3.05, 3.63) is 36.0 Å². The lowest BCUT2D eigenvalue weighted by Gasteiger charge is -2.30. The first kappa shape index (κ1) is 18.3. The van der Waals surface area contributed by atoms with Crippen molar-refractivity contribution < 1.29 is 14.7 Å². The molecular formula is C20H27N3O3. The molecule has 2 aromatic rings. The number of benzene rings is 1. The topological polar surface area (TPSA) is 94.2 Å². The standard InChI is InChI=1S/C20H27N3O3/c1-20(23-19(25)26,18(24)22-12-14-7-3-2-4-8-14)11-15-13-21-17-10-6-5-9-16(15)17/h5-6,9-10,13-14,21,23H,2-4,7-8,11-12H2,1H3,(H,22,24)(H,25,26). The first-order chi connectivity index (χ1) is 12.5. The molecule has 1 unspecified atom stereocenters. The third-order valence-electron chi connectivity index (χ3n) is 5.38. The highest BCUT2D eigenvalue weighted by atomic mass is 16.4. The number of amides is 2. The number of nitrogens with one attached hydrogen (secondary N) is 3. The Morgan fingerprint density at radius 3 is 2.69 bits per heavy atom. The largest absolute Gasteiger partial charge is 0.465 e. The van der Waals surface area contributed by atoms with Crippen molar-refractivity contribution in [2.24, 2.45) is 5.92 Å². The zero-order valence-corrected chi connectivity index (χ0v) is 15.2. The predicted octanol–water partition coefficient (Wildman–Crippen LogP) is 3.43. The zero-order chi connectivity index (χ0) is 18.6. The fourth-order valence-electron chi connectivity index (χ4n) is 3.90. The summed E-state index contributed by atoms with van der Waals surface area (Å²) in [6.45, 7) is 2.27. The molecule has 1 saturated carbocycles. The van der Waals surface area contributed by atoms with E-state index in [-0.39, 0.29) is 5.91 Å². The van der Waals surface area contributed by atoms with Crippen LogP contribution in [0.15, 0.2) is 30.5 Å². The average Bonchev–Trinajstić information content (AvgIpc) is 3.02. The van der Waals surface area contributed by atoms with Gasteiger partial charge >= 0.3 is 6.09 Å². The van der Waals surface area contributed by atoms with Crippen LogP contribution in [0, 0.1) is 5.92 Å². The average molecular weight is 357 g/mol. The lowest BCUT2D eigenvalue weighted by molar-refractivity contribution is -0.127. The molecule has 1 aromatic heterocycles. The van der Waals surface area contributed by atoms with E-state index in [1.165, 1.54) is 19.3 Å². The summed E-state index contributed by atoms with van der Waals surface area (Å²) in [4.78, 5) is 27.4. The number of aromatic nitrogens is 1. The summed E-state index contributed by atoms with van der Waals surface area (Å²) >= 11 is 0. The van der Waals surface area contributed by atoms with E-state index in [9.17, 15) is 14.7 Å². The maximum Gasteiger partial charge on any atom is 0.405 e. The summed E-state index contributed by atoms with van der Waals surface area (Å²) < 4.78 is 0. The van der Waals surface area contributed by atoms with Crippen LogP contribution in [-0.2, 0) is 11.2 Å². The highest BCUT2D eigenvalue weighted by molar-refractivity contribution is 5.91. The number of carbonyl (C=O) groups is 2. The van der Waals surface area contributed by atoms with Gasteiger partial charge in [0, 0.05) is 30.1 Å². The molecule has 0 bridgehead atoms. The molecule has 1 aromatic carbocycles. The zero-order valence-electron chi connectivity index (χ0n) is 15.2. The van der Waals surface area contributed by atoms with Crippen LogP contribution < -0.4 is 10.6 Å². The third kappa shape index (κ3) is 4.18. The Labute approximate surface area is 153 Å². The van der Waals surface area contributed by atoms with Gasteiger partial charge in [-0.15, -0.1) is 0 Å². The number of hydrogen-bond acceptors (Lipinski definition) is 2. The van der Waals surface area contributed by atoms with Gasteiger partial charge in [0.05, 0.1) is 0 Å². The predicted molar refractivity (Wildman–Crippen MR) is 101 cm³/mol. The van der Waals surface area contributed by atoms with E-state index in [0.29, 0.717) is 18.9 Å². The Bertz CT molecular complexity index is 779. The Morgan fingerprint density at radius 1 is 1.23 bits per heavy atom. The molecule has 3 rings (SSSR count). The van der Waals surface area contributed by atoms with Crippen LogP contribution in [0.25, 0.3) is 10.9 Å². The number of H-pyrrole nitrogens is 1. The summed E-state index contributed by atoms with van der Waals surface area (Å²) in [6.07, 6.45) is 6.89. The van der Waals surface area contributed by atoms with Gasteiger partial charge in [0.15, 0.2) is 0 Å². The molecule has 0 radical (unpaired) electrons. The molecule has 1 fully saturated rings. The van der Waals surface area contributed by atoms with Gasteiger partial charge in [0.25, 0.3) is 0 Å². The minimum absolute atomic E-state index is 0.268. The normalized spacial score (nSPS) is 17.6. The van der Waals surface area contributed by atoms with Crippen molar-refractivity contribution in [1.82, 2.24) is 15.6 Å². The SMILES string of the molecule is CC(Cc1c[nH]c2ccccc12)(NC(=O)O)C(=O)NCC1CCCCC1. The number of carboxylic acid groups (broad SMARTS) is 1. The van der Waals surface area contributed by atoms with Gasteiger partial charge in [-0.25, -0.2) is 4.79 Å². The quantitative estimate of drug-likeness (QED) is 0.638. The number of rotatable bonds is 6. The molecule has 0 aliphatic heterocycles. The number of fused-ring (bicyclic) bond motifs is 1. The van der Waals surface area contributed by atoms with E-state index in [1.807, 2.05) is 30.5 Å². The highest BCUT2D eigenvalue weighted by Crippen LogP contribution is 2.25. The second-order valence-electron chi connectivity index (χ2n) is 7.51. The number of carbonyl (C=O) groups excluding carboxylic acids is 1. The number of hydrogen-bond donors (Lipinski definition) is 4. The molecule has 1 atom stereocenters. The fourth-order valence-corrected chi connectivity index (χ4v) is 3.90. The molecule has 6 heteroatoms. The lowest BCUT2D eigenvalue weighted by atomic mass is 9.88. The second-order valence-corrected chi connectivity index (χ2v) is 7.51. The summed E-state index contributed by atoms with van der Waals surface area (Å²) in [5.74, 6) is 0.227. The lowest BCUT2D eigenvalue weighted by Crippen LogP contribution is -2.58. The van der Waals surface area contributed by atoms with Gasteiger partial charge in [0.1, 0.15) is 5.54 Å². The minimum Gasteiger partial charge on any atom is -0.465 e. The smallest absolute Gasteiger partial charge is 0.405 e. The number of aromatic amines is 1. The Kier molecular flexibility index (Phi) is 5.49. The first-order valence-electron chi connectivity index (χ1n) is 9.32. The van der Waals surface area contributed by atoms with Crippen LogP contribution >= 0.6 is 0 Å². The van der Waals surface area contributed by atoms with Gasteiger partial charge in [-0.05, 0) is 37.3 Å². The molecule has 26 heavy (non-hydrogen) atoms. The molecule has 1 aliphatic carbocycles. The van der Waals surface area contributed by atoms with Gasteiger partial charge in [0.2, 0.25) is 5.91 Å². The molecule has 140 valence electrons. The van der Waals surface area contributed by atoms with Gasteiger partial charge < -0.3 is 20.7 Å². The molecule has 0 saturated heterocycles. The van der Waals surface area contributed by atoms with Crippen molar-refractivity contribution in [3.63, 3.8) is 0 Å². The molecular weight excluding hydrogens is 330 g/mol. The van der Waals surface area contributed by atoms with Crippen LogP contribution in [0.5, 0.6) is 0 Å². The Hall–Kier alpha value is -2.50. The fraction of sp³-hybridized carbons (Fsp3) is 0.500. The van der Waals surface area contributed by atoms with Crippen molar-refractivity contribution in [1.29, 1.82) is 0 Å². The van der Waals surface area contributed by atoms with E-state index in [4.69, 9.17) is 0 Å².